The first kappa shape index (κ1) is 14.2. The van der Waals surface area contributed by atoms with Gasteiger partial charge in [-0.25, -0.2) is 4.79 Å². The van der Waals surface area contributed by atoms with E-state index in [1.54, 1.807) is 0 Å². The maximum Gasteiger partial charge on any atom is 0.342 e. The van der Waals surface area contributed by atoms with Gasteiger partial charge in [0.25, 0.3) is 0 Å². The number of aromatic carboxylic acids is 1. The summed E-state index contributed by atoms with van der Waals surface area (Å²) in [6, 6.07) is 3.89. The third-order valence-corrected chi connectivity index (χ3v) is 2.51. The van der Waals surface area contributed by atoms with Gasteiger partial charge in [0.1, 0.15) is 11.3 Å². The Balaban J connectivity index is 3.07. The van der Waals surface area contributed by atoms with Gasteiger partial charge in [0.05, 0.1) is 16.9 Å². The van der Waals surface area contributed by atoms with Crippen LogP contribution in [-0.2, 0) is 0 Å². The minimum atomic E-state index is -1.39. The summed E-state index contributed by atoms with van der Waals surface area (Å²) in [5, 5.41) is 31.6. The average molecular weight is 275 g/mol. The van der Waals surface area contributed by atoms with Crippen LogP contribution in [-0.4, -0.2) is 39.6 Å². The fourth-order valence-corrected chi connectivity index (χ4v) is 1.45. The Morgan fingerprint density at radius 1 is 1.56 bits per heavy atom. The van der Waals surface area contributed by atoms with Crippen molar-refractivity contribution >= 4 is 28.9 Å². The van der Waals surface area contributed by atoms with Gasteiger partial charge in [-0.3, -0.25) is 10.1 Å². The molecule has 0 heterocycles. The highest BCUT2D eigenvalue weighted by Gasteiger charge is 2.24. The molecule has 0 aliphatic carbocycles. The zero-order valence-corrected chi connectivity index (χ0v) is 9.92. The van der Waals surface area contributed by atoms with E-state index in [1.807, 2.05) is 0 Å². The fraction of sp³-hybridized carbons (Fsp3) is 0.300. The fourth-order valence-electron chi connectivity index (χ4n) is 1.34. The SMILES string of the molecule is O=C(O)c1cccc(NCC(O)CCl)c1[N+](=O)[O-]. The number of aliphatic hydroxyl groups excluding tert-OH is 1. The summed E-state index contributed by atoms with van der Waals surface area (Å²) in [7, 11) is 0. The molecule has 0 radical (unpaired) electrons. The van der Waals surface area contributed by atoms with Gasteiger partial charge in [-0.2, -0.15) is 0 Å². The summed E-state index contributed by atoms with van der Waals surface area (Å²) >= 11 is 5.38. The minimum Gasteiger partial charge on any atom is -0.477 e. The molecular weight excluding hydrogens is 264 g/mol. The number of nitro groups is 1. The number of para-hydroxylation sites is 1. The van der Waals surface area contributed by atoms with E-state index in [1.165, 1.54) is 12.1 Å². The zero-order valence-electron chi connectivity index (χ0n) is 9.17. The number of carbonyl (C=O) groups is 1. The predicted octanol–water partition coefficient (Wildman–Crippen LogP) is 1.30. The third kappa shape index (κ3) is 3.31. The van der Waals surface area contributed by atoms with Crippen LogP contribution in [0.25, 0.3) is 0 Å². The lowest BCUT2D eigenvalue weighted by Crippen LogP contribution is -2.21. The van der Waals surface area contributed by atoms with E-state index in [2.05, 4.69) is 5.32 Å². The summed E-state index contributed by atoms with van der Waals surface area (Å²) < 4.78 is 0. The van der Waals surface area contributed by atoms with E-state index in [9.17, 15) is 20.0 Å². The van der Waals surface area contributed by atoms with E-state index < -0.39 is 28.2 Å². The molecule has 3 N–H and O–H groups in total. The molecule has 0 aliphatic rings. The van der Waals surface area contributed by atoms with Crippen LogP contribution in [0, 0.1) is 10.1 Å². The summed E-state index contributed by atoms with van der Waals surface area (Å²) in [5.41, 5.74) is -0.916. The van der Waals surface area contributed by atoms with Crippen LogP contribution in [0.4, 0.5) is 11.4 Å². The molecule has 0 saturated carbocycles. The standard InChI is InChI=1S/C10H11ClN2O5/c11-4-6(14)5-12-8-3-1-2-7(10(15)16)9(8)13(17)18/h1-3,6,12,14H,4-5H2,(H,15,16). The van der Waals surface area contributed by atoms with Crippen molar-refractivity contribution in [3.63, 3.8) is 0 Å². The molecule has 1 unspecified atom stereocenters. The van der Waals surface area contributed by atoms with Crippen LogP contribution < -0.4 is 5.32 Å². The second-order valence-corrected chi connectivity index (χ2v) is 3.76. The van der Waals surface area contributed by atoms with E-state index in [0.29, 0.717) is 0 Å². The van der Waals surface area contributed by atoms with Crippen LogP contribution in [0.2, 0.25) is 0 Å². The number of carboxylic acid groups (broad SMARTS) is 1. The molecule has 0 aromatic heterocycles. The number of hydrogen-bond donors (Lipinski definition) is 3. The van der Waals surface area contributed by atoms with Gasteiger partial charge >= 0.3 is 11.7 Å². The van der Waals surface area contributed by atoms with E-state index in [-0.39, 0.29) is 18.1 Å². The minimum absolute atomic E-state index is 0.00654. The molecule has 7 nitrogen and oxygen atoms in total. The first-order valence-corrected chi connectivity index (χ1v) is 5.49. The zero-order chi connectivity index (χ0) is 13.7. The summed E-state index contributed by atoms with van der Waals surface area (Å²) in [5.74, 6) is -1.41. The third-order valence-electron chi connectivity index (χ3n) is 2.16. The smallest absolute Gasteiger partial charge is 0.342 e. The number of hydrogen-bond acceptors (Lipinski definition) is 5. The molecule has 98 valence electrons. The monoisotopic (exact) mass is 274 g/mol. The molecule has 8 heteroatoms. The lowest BCUT2D eigenvalue weighted by molar-refractivity contribution is -0.384. The number of nitrogens with one attached hydrogen (secondary N) is 1. The normalized spacial score (nSPS) is 11.9. The van der Waals surface area contributed by atoms with Gasteiger partial charge in [-0.05, 0) is 12.1 Å². The predicted molar refractivity (Wildman–Crippen MR) is 65.3 cm³/mol. The number of aliphatic hydroxyl groups is 1. The summed E-state index contributed by atoms with van der Waals surface area (Å²) in [6.07, 6.45) is -0.875. The molecule has 0 bridgehead atoms. The molecule has 1 aromatic rings. The molecule has 1 atom stereocenters. The van der Waals surface area contributed by atoms with E-state index >= 15 is 0 Å². The quantitative estimate of drug-likeness (QED) is 0.409. The largest absolute Gasteiger partial charge is 0.477 e. The van der Waals surface area contributed by atoms with Gasteiger partial charge in [0.15, 0.2) is 0 Å². The first-order chi connectivity index (χ1) is 8.47. The topological polar surface area (TPSA) is 113 Å². The second-order valence-electron chi connectivity index (χ2n) is 3.45. The highest BCUT2D eigenvalue weighted by Crippen LogP contribution is 2.28. The lowest BCUT2D eigenvalue weighted by atomic mass is 10.1. The Morgan fingerprint density at radius 2 is 2.22 bits per heavy atom. The van der Waals surface area contributed by atoms with Crippen LogP contribution in [0.5, 0.6) is 0 Å². The number of rotatable bonds is 6. The molecule has 1 aromatic carbocycles. The molecule has 18 heavy (non-hydrogen) atoms. The van der Waals surface area contributed by atoms with E-state index in [0.717, 1.165) is 6.07 Å². The molecule has 0 aliphatic heterocycles. The van der Waals surface area contributed by atoms with Crippen molar-refractivity contribution in [2.75, 3.05) is 17.7 Å². The van der Waals surface area contributed by atoms with Gasteiger partial charge in [0.2, 0.25) is 0 Å². The highest BCUT2D eigenvalue weighted by atomic mass is 35.5. The number of nitro benzene ring substituents is 1. The first-order valence-electron chi connectivity index (χ1n) is 4.96. The Morgan fingerprint density at radius 3 is 2.72 bits per heavy atom. The van der Waals surface area contributed by atoms with Crippen LogP contribution in [0.15, 0.2) is 18.2 Å². The van der Waals surface area contributed by atoms with Crippen molar-refractivity contribution in [1.82, 2.24) is 0 Å². The second kappa shape index (κ2) is 6.18. The lowest BCUT2D eigenvalue weighted by Gasteiger charge is -2.11. The molecule has 0 spiro atoms. The van der Waals surface area contributed by atoms with Crippen molar-refractivity contribution in [2.45, 2.75) is 6.10 Å². The Hall–Kier alpha value is -1.86. The Bertz CT molecular complexity index is 466. The van der Waals surface area contributed by atoms with Crippen molar-refractivity contribution in [3.05, 3.63) is 33.9 Å². The van der Waals surface area contributed by atoms with Gasteiger partial charge in [-0.1, -0.05) is 6.07 Å². The maximum absolute atomic E-state index is 10.9. The van der Waals surface area contributed by atoms with Gasteiger partial charge in [0, 0.05) is 6.54 Å². The summed E-state index contributed by atoms with van der Waals surface area (Å²) in [6.45, 7) is -0.00654. The number of carboxylic acids is 1. The number of benzene rings is 1. The molecule has 0 amide bonds. The van der Waals surface area contributed by atoms with Gasteiger partial charge < -0.3 is 15.5 Å². The van der Waals surface area contributed by atoms with Crippen molar-refractivity contribution < 1.29 is 19.9 Å². The average Bonchev–Trinajstić information content (AvgIpc) is 2.34. The maximum atomic E-state index is 10.9. The van der Waals surface area contributed by atoms with E-state index in [4.69, 9.17) is 16.7 Å². The molecular formula is C10H11ClN2O5. The number of nitrogens with zero attached hydrogens (tertiary/aromatic N) is 1. The van der Waals surface area contributed by atoms with Crippen LogP contribution in [0.3, 0.4) is 0 Å². The Labute approximate surface area is 107 Å². The highest BCUT2D eigenvalue weighted by molar-refractivity contribution is 6.18. The van der Waals surface area contributed by atoms with Crippen LogP contribution in [0.1, 0.15) is 10.4 Å². The molecule has 1 rings (SSSR count). The Kier molecular flexibility index (Phi) is 4.87. The summed E-state index contributed by atoms with van der Waals surface area (Å²) in [4.78, 5) is 21.0. The molecule has 0 saturated heterocycles. The number of halogens is 1. The molecule has 0 fully saturated rings. The van der Waals surface area contributed by atoms with Gasteiger partial charge in [-0.15, -0.1) is 11.6 Å². The number of alkyl halides is 1. The van der Waals surface area contributed by atoms with Crippen molar-refractivity contribution in [2.24, 2.45) is 0 Å². The van der Waals surface area contributed by atoms with Crippen LogP contribution >= 0.6 is 11.6 Å². The number of anilines is 1. The van der Waals surface area contributed by atoms with Crippen molar-refractivity contribution in [3.8, 4) is 0 Å². The van der Waals surface area contributed by atoms with Crippen molar-refractivity contribution in [1.29, 1.82) is 0 Å².